The molecule has 1 fully saturated rings. The van der Waals surface area contributed by atoms with E-state index < -0.39 is 23.2 Å². The van der Waals surface area contributed by atoms with Crippen molar-refractivity contribution in [3.63, 3.8) is 0 Å². The van der Waals surface area contributed by atoms with Gasteiger partial charge in [-0.3, -0.25) is 14.3 Å². The minimum Gasteiger partial charge on any atom is -0.439 e. The number of carbonyl (C=O) groups excluding carboxylic acids is 1. The van der Waals surface area contributed by atoms with Crippen LogP contribution in [0, 0.1) is 11.3 Å². The van der Waals surface area contributed by atoms with Crippen molar-refractivity contribution in [3.05, 3.63) is 142 Å². The normalized spacial score (nSPS) is 15.8. The van der Waals surface area contributed by atoms with Crippen LogP contribution in [0.4, 0.5) is 13.2 Å². The van der Waals surface area contributed by atoms with Gasteiger partial charge in [0.1, 0.15) is 17.8 Å². The molecule has 1 aliphatic carbocycles. The van der Waals surface area contributed by atoms with Crippen LogP contribution in [0.25, 0.3) is 22.8 Å². The number of aromatic nitrogens is 5. The van der Waals surface area contributed by atoms with Crippen LogP contribution in [0.2, 0.25) is 0 Å². The zero-order valence-electron chi connectivity index (χ0n) is 31.0. The molecule has 0 bridgehead atoms. The SMILES string of the molecule is Cn1c(-c2ccnn2-c2ccc(C#N)cc2)c(C(=O)NC2CCC(c3ncc(C[N+](C)(C)C)o3)CC2)c(=O)n1-c1cccc(C(F)(F)F)c1.c1ccccc1. The van der Waals surface area contributed by atoms with Gasteiger partial charge in [0.25, 0.3) is 11.5 Å². The van der Waals surface area contributed by atoms with Crippen molar-refractivity contribution in [1.29, 1.82) is 5.26 Å². The van der Waals surface area contributed by atoms with Crippen molar-refractivity contribution in [3.8, 4) is 28.8 Å². The van der Waals surface area contributed by atoms with Crippen LogP contribution in [0.1, 0.15) is 64.7 Å². The van der Waals surface area contributed by atoms with Crippen LogP contribution in [-0.2, 0) is 19.8 Å². The topological polar surface area (TPSA) is 124 Å². The van der Waals surface area contributed by atoms with Crippen LogP contribution < -0.4 is 10.9 Å². The molecule has 0 spiro atoms. The van der Waals surface area contributed by atoms with Crippen molar-refractivity contribution >= 4 is 5.91 Å². The molecule has 1 amide bonds. The van der Waals surface area contributed by atoms with Gasteiger partial charge in [-0.25, -0.2) is 14.3 Å². The number of rotatable bonds is 8. The van der Waals surface area contributed by atoms with E-state index in [1.807, 2.05) is 36.4 Å². The van der Waals surface area contributed by atoms with Crippen molar-refractivity contribution in [2.45, 2.75) is 50.4 Å². The lowest BCUT2D eigenvalue weighted by molar-refractivity contribution is -0.884. The van der Waals surface area contributed by atoms with E-state index in [2.05, 4.69) is 42.6 Å². The second-order valence-corrected chi connectivity index (χ2v) is 14.5. The Kier molecular flexibility index (Phi) is 11.2. The average Bonchev–Trinajstić information content (AvgIpc) is 3.90. The first-order valence-corrected chi connectivity index (χ1v) is 17.8. The summed E-state index contributed by atoms with van der Waals surface area (Å²) in [4.78, 5) is 32.7. The molecule has 0 radical (unpaired) electrons. The van der Waals surface area contributed by atoms with E-state index in [4.69, 9.17) is 4.42 Å². The van der Waals surface area contributed by atoms with Crippen LogP contribution in [-0.4, -0.2) is 61.7 Å². The maximum atomic E-state index is 14.1. The maximum absolute atomic E-state index is 14.1. The molecule has 284 valence electrons. The summed E-state index contributed by atoms with van der Waals surface area (Å²) < 4.78 is 51.7. The zero-order chi connectivity index (χ0) is 39.3. The number of halogens is 3. The Morgan fingerprint density at radius 3 is 2.20 bits per heavy atom. The van der Waals surface area contributed by atoms with Gasteiger partial charge in [0, 0.05) is 19.0 Å². The summed E-state index contributed by atoms with van der Waals surface area (Å²) in [6.07, 6.45) is 1.30. The summed E-state index contributed by atoms with van der Waals surface area (Å²) in [5.74, 6) is 0.950. The molecule has 3 aromatic heterocycles. The van der Waals surface area contributed by atoms with E-state index >= 15 is 0 Å². The molecule has 11 nitrogen and oxygen atoms in total. The monoisotopic (exact) mass is 751 g/mol. The van der Waals surface area contributed by atoms with Gasteiger partial charge in [0.2, 0.25) is 0 Å². The molecule has 7 rings (SSSR count). The molecular weight excluding hydrogens is 709 g/mol. The second-order valence-electron chi connectivity index (χ2n) is 14.5. The highest BCUT2D eigenvalue weighted by atomic mass is 19.4. The first-order chi connectivity index (χ1) is 26.2. The molecule has 0 saturated heterocycles. The highest BCUT2D eigenvalue weighted by Crippen LogP contribution is 2.34. The number of nitrogens with one attached hydrogen (secondary N) is 1. The second kappa shape index (κ2) is 16.0. The highest BCUT2D eigenvalue weighted by molar-refractivity contribution is 6.00. The summed E-state index contributed by atoms with van der Waals surface area (Å²) >= 11 is 0. The fourth-order valence-corrected chi connectivity index (χ4v) is 6.75. The first kappa shape index (κ1) is 38.5. The highest BCUT2D eigenvalue weighted by Gasteiger charge is 2.34. The minimum atomic E-state index is -4.64. The van der Waals surface area contributed by atoms with Crippen molar-refractivity contribution in [1.82, 2.24) is 29.4 Å². The van der Waals surface area contributed by atoms with Gasteiger partial charge in [-0.15, -0.1) is 0 Å². The van der Waals surface area contributed by atoms with Crippen molar-refractivity contribution in [2.75, 3.05) is 21.1 Å². The van der Waals surface area contributed by atoms with Crippen LogP contribution >= 0.6 is 0 Å². The number of hydrogen-bond donors (Lipinski definition) is 1. The summed E-state index contributed by atoms with van der Waals surface area (Å²) in [7, 11) is 7.73. The van der Waals surface area contributed by atoms with E-state index in [1.165, 1.54) is 34.7 Å². The predicted octanol–water partition coefficient (Wildman–Crippen LogP) is 7.26. The van der Waals surface area contributed by atoms with Gasteiger partial charge in [0.05, 0.1) is 67.8 Å². The molecule has 0 aliphatic heterocycles. The molecule has 14 heteroatoms. The molecule has 1 aliphatic rings. The smallest absolute Gasteiger partial charge is 0.416 e. The van der Waals surface area contributed by atoms with Crippen molar-refractivity contribution < 1.29 is 26.9 Å². The number of nitrogens with zero attached hydrogens (tertiary/aromatic N) is 7. The van der Waals surface area contributed by atoms with E-state index in [1.54, 1.807) is 36.5 Å². The molecule has 1 saturated carbocycles. The van der Waals surface area contributed by atoms with Gasteiger partial charge in [-0.2, -0.15) is 23.5 Å². The third kappa shape index (κ3) is 8.96. The number of alkyl halides is 3. The van der Waals surface area contributed by atoms with Crippen LogP contribution in [0.15, 0.2) is 113 Å². The predicted molar refractivity (Wildman–Crippen MR) is 200 cm³/mol. The molecule has 3 aromatic carbocycles. The molecule has 6 aromatic rings. The molecule has 0 unspecified atom stereocenters. The van der Waals surface area contributed by atoms with E-state index in [0.717, 1.165) is 35.4 Å². The number of quaternary nitrogens is 1. The van der Waals surface area contributed by atoms with E-state index in [0.29, 0.717) is 46.7 Å². The Balaban J connectivity index is 0.000000782. The fraction of sp³-hybridized carbons (Fsp3) is 0.293. The Morgan fingerprint density at radius 1 is 0.945 bits per heavy atom. The van der Waals surface area contributed by atoms with Crippen molar-refractivity contribution in [2.24, 2.45) is 7.05 Å². The first-order valence-electron chi connectivity index (χ1n) is 17.8. The third-order valence-electron chi connectivity index (χ3n) is 9.32. The number of hydrogen-bond acceptors (Lipinski definition) is 6. The molecule has 1 N–H and O–H groups in total. The van der Waals surface area contributed by atoms with Crippen LogP contribution in [0.5, 0.6) is 0 Å². The summed E-state index contributed by atoms with van der Waals surface area (Å²) in [5, 5.41) is 16.7. The lowest BCUT2D eigenvalue weighted by atomic mass is 9.86. The Morgan fingerprint density at radius 2 is 1.60 bits per heavy atom. The quantitative estimate of drug-likeness (QED) is 0.164. The number of carbonyl (C=O) groups is 1. The molecular formula is C41H42F3N8O3+. The van der Waals surface area contributed by atoms with Crippen LogP contribution in [0.3, 0.4) is 0 Å². The van der Waals surface area contributed by atoms with E-state index in [-0.39, 0.29) is 28.9 Å². The maximum Gasteiger partial charge on any atom is 0.416 e. The molecule has 55 heavy (non-hydrogen) atoms. The average molecular weight is 752 g/mol. The Bertz CT molecular complexity index is 2310. The Labute approximate surface area is 316 Å². The van der Waals surface area contributed by atoms with Gasteiger partial charge in [-0.1, -0.05) is 42.5 Å². The fourth-order valence-electron chi connectivity index (χ4n) is 6.75. The summed E-state index contributed by atoms with van der Waals surface area (Å²) in [5.41, 5.74) is -0.474. The minimum absolute atomic E-state index is 0.0526. The molecule has 3 heterocycles. The zero-order valence-corrected chi connectivity index (χ0v) is 31.0. The summed E-state index contributed by atoms with van der Waals surface area (Å²) in [6, 6.07) is 26.4. The largest absolute Gasteiger partial charge is 0.439 e. The number of amides is 1. The van der Waals surface area contributed by atoms with Gasteiger partial charge in [-0.05, 0) is 74.2 Å². The van der Waals surface area contributed by atoms with Gasteiger partial charge >= 0.3 is 6.18 Å². The summed E-state index contributed by atoms with van der Waals surface area (Å²) in [6.45, 7) is 0.708. The van der Waals surface area contributed by atoms with E-state index in [9.17, 15) is 28.0 Å². The number of nitriles is 1. The third-order valence-corrected chi connectivity index (χ3v) is 9.32. The molecule has 0 atom stereocenters. The van der Waals surface area contributed by atoms with Gasteiger partial charge in [0.15, 0.2) is 11.7 Å². The standard InChI is InChI=1S/C35H35F3N8O3.C6H6/c1-43-31(29-16-17-41-44(29)26-14-8-22(19-39)9-15-26)30(34(48)45(43)27-7-5-6-24(18-27)35(36,37)38)32(47)42-25-12-10-23(11-13-25)33-40-20-28(49-33)21-46(2,3)4;1-2-4-6-5-3-1/h5-9,14-18,20,23,25H,10-13,21H2,1-4H3;1-6H/p+1. The lowest BCUT2D eigenvalue weighted by Gasteiger charge is -2.27. The number of benzene rings is 3. The number of oxazole rings is 1. The Hall–Kier alpha value is -6.20. The lowest BCUT2D eigenvalue weighted by Crippen LogP contribution is -2.39. The van der Waals surface area contributed by atoms with Gasteiger partial charge < -0.3 is 14.2 Å².